The number of hydrogen-bond donors (Lipinski definition) is 3. The zero-order valence-corrected chi connectivity index (χ0v) is 25.5. The van der Waals surface area contributed by atoms with Gasteiger partial charge in [-0.3, -0.25) is 0 Å². The third-order valence-corrected chi connectivity index (χ3v) is 7.07. The fourth-order valence-electron chi connectivity index (χ4n) is 4.65. The highest BCUT2D eigenvalue weighted by Crippen LogP contribution is 2.33. The topological polar surface area (TPSA) is 137 Å². The SMILES string of the molecule is C#CCOCCOCCOCCOCCOc1ccc(OC2CN(c3cc(Cl)nc(NC4CCC(CO)O4)c3C=N)C2)cc1. The standard InChI is InChI=1S/C31H41ClN4O8/c1-2-9-38-10-11-39-12-13-40-14-15-41-16-17-42-23-3-5-24(6-4-23)43-26-20-36(21-26)28-18-29(32)34-31(27(28)19-33)35-30-8-7-25(22-37)44-30/h1,3-6,18-19,25-26,30,33,37H,7-17,20-22H2,(H,34,35). The molecule has 4 rings (SSSR count). The van der Waals surface area contributed by atoms with Crippen molar-refractivity contribution in [1.29, 1.82) is 5.41 Å². The fraction of sp³-hybridized carbons (Fsp3) is 0.548. The Labute approximate surface area is 263 Å². The van der Waals surface area contributed by atoms with E-state index < -0.39 is 0 Å². The molecule has 3 N–H and O–H groups in total. The maximum atomic E-state index is 9.34. The summed E-state index contributed by atoms with van der Waals surface area (Å²) in [6, 6.07) is 9.26. The quantitative estimate of drug-likeness (QED) is 0.0811. The molecule has 2 aliphatic heterocycles. The van der Waals surface area contributed by atoms with Gasteiger partial charge in [0.15, 0.2) is 0 Å². The van der Waals surface area contributed by atoms with Crippen LogP contribution in [0.1, 0.15) is 18.4 Å². The highest BCUT2D eigenvalue weighted by Gasteiger charge is 2.32. The highest BCUT2D eigenvalue weighted by molar-refractivity contribution is 6.30. The molecular formula is C31H41ClN4O8. The second-order valence-electron chi connectivity index (χ2n) is 10.1. The third-order valence-electron chi connectivity index (χ3n) is 6.87. The van der Waals surface area contributed by atoms with Gasteiger partial charge in [-0.05, 0) is 43.2 Å². The molecule has 2 aliphatic rings. The lowest BCUT2D eigenvalue weighted by molar-refractivity contribution is -0.00187. The number of rotatable bonds is 21. The number of anilines is 2. The van der Waals surface area contributed by atoms with Crippen LogP contribution in [0.3, 0.4) is 0 Å². The summed E-state index contributed by atoms with van der Waals surface area (Å²) in [6.45, 7) is 5.35. The van der Waals surface area contributed by atoms with Gasteiger partial charge >= 0.3 is 0 Å². The molecule has 0 bridgehead atoms. The zero-order valence-electron chi connectivity index (χ0n) is 24.8. The van der Waals surface area contributed by atoms with Gasteiger partial charge in [0, 0.05) is 6.21 Å². The molecular weight excluding hydrogens is 592 g/mol. The van der Waals surface area contributed by atoms with Gasteiger partial charge in [-0.15, -0.1) is 6.42 Å². The molecule has 0 amide bonds. The number of hydrogen-bond acceptors (Lipinski definition) is 12. The summed E-state index contributed by atoms with van der Waals surface area (Å²) in [7, 11) is 0. The molecule has 13 heteroatoms. The summed E-state index contributed by atoms with van der Waals surface area (Å²) >= 11 is 6.33. The van der Waals surface area contributed by atoms with Crippen molar-refractivity contribution in [3.05, 3.63) is 41.0 Å². The summed E-state index contributed by atoms with van der Waals surface area (Å²) in [5.41, 5.74) is 1.44. The maximum absolute atomic E-state index is 9.34. The first kappa shape index (κ1) is 33.7. The number of ether oxygens (including phenoxy) is 7. The second kappa shape index (κ2) is 18.6. The summed E-state index contributed by atoms with van der Waals surface area (Å²) < 4.78 is 39.1. The predicted molar refractivity (Wildman–Crippen MR) is 166 cm³/mol. The van der Waals surface area contributed by atoms with Crippen molar-refractivity contribution in [1.82, 2.24) is 4.98 Å². The van der Waals surface area contributed by atoms with Gasteiger partial charge in [0.2, 0.25) is 0 Å². The Morgan fingerprint density at radius 3 is 2.25 bits per heavy atom. The van der Waals surface area contributed by atoms with Gasteiger partial charge in [0.25, 0.3) is 0 Å². The molecule has 0 aliphatic carbocycles. The van der Waals surface area contributed by atoms with E-state index in [0.29, 0.717) is 89.1 Å². The van der Waals surface area contributed by atoms with Crippen LogP contribution >= 0.6 is 11.6 Å². The first-order valence-electron chi connectivity index (χ1n) is 14.7. The molecule has 3 heterocycles. The van der Waals surface area contributed by atoms with Crippen LogP contribution < -0.4 is 19.7 Å². The smallest absolute Gasteiger partial charge is 0.140 e. The number of nitrogens with zero attached hydrogens (tertiary/aromatic N) is 2. The summed E-state index contributed by atoms with van der Waals surface area (Å²) in [5, 5.41) is 20.9. The molecule has 2 unspecified atom stereocenters. The second-order valence-corrected chi connectivity index (χ2v) is 10.5. The Bertz CT molecular complexity index is 1190. The van der Waals surface area contributed by atoms with Gasteiger partial charge in [-0.25, -0.2) is 4.98 Å². The van der Waals surface area contributed by atoms with Crippen LogP contribution in [0.5, 0.6) is 11.5 Å². The molecule has 1 aromatic heterocycles. The van der Waals surface area contributed by atoms with E-state index in [2.05, 4.69) is 21.1 Å². The molecule has 2 aromatic rings. The maximum Gasteiger partial charge on any atom is 0.140 e. The summed E-state index contributed by atoms with van der Waals surface area (Å²) in [4.78, 5) is 6.48. The van der Waals surface area contributed by atoms with E-state index in [4.69, 9.17) is 56.6 Å². The van der Waals surface area contributed by atoms with Crippen LogP contribution in [0.4, 0.5) is 11.5 Å². The molecule has 240 valence electrons. The fourth-order valence-corrected chi connectivity index (χ4v) is 4.84. The van der Waals surface area contributed by atoms with E-state index in [0.717, 1.165) is 30.0 Å². The van der Waals surface area contributed by atoms with Gasteiger partial charge < -0.3 is 53.9 Å². The normalized spacial score (nSPS) is 18.1. The van der Waals surface area contributed by atoms with Crippen LogP contribution in [-0.4, -0.2) is 114 Å². The van der Waals surface area contributed by atoms with E-state index in [1.807, 2.05) is 24.3 Å². The first-order chi connectivity index (χ1) is 21.6. The third kappa shape index (κ3) is 10.8. The lowest BCUT2D eigenvalue weighted by Gasteiger charge is -2.41. The van der Waals surface area contributed by atoms with Crippen molar-refractivity contribution in [2.75, 3.05) is 89.4 Å². The monoisotopic (exact) mass is 632 g/mol. The van der Waals surface area contributed by atoms with Crippen molar-refractivity contribution in [3.63, 3.8) is 0 Å². The number of aliphatic hydroxyl groups is 1. The zero-order chi connectivity index (χ0) is 31.0. The summed E-state index contributed by atoms with van der Waals surface area (Å²) in [6.07, 6.45) is 7.37. The van der Waals surface area contributed by atoms with Gasteiger partial charge in [0.05, 0.1) is 83.3 Å². The molecule has 1 aromatic carbocycles. The Morgan fingerprint density at radius 1 is 1.00 bits per heavy atom. The molecule has 2 saturated heterocycles. The lowest BCUT2D eigenvalue weighted by atomic mass is 10.1. The number of halogens is 1. The number of terminal acetylenes is 1. The molecule has 2 atom stereocenters. The predicted octanol–water partition coefficient (Wildman–Crippen LogP) is 2.99. The molecule has 0 radical (unpaired) electrons. The average Bonchev–Trinajstić information content (AvgIpc) is 3.47. The Morgan fingerprint density at radius 2 is 1.64 bits per heavy atom. The van der Waals surface area contributed by atoms with Crippen molar-refractivity contribution >= 4 is 29.3 Å². The number of benzene rings is 1. The van der Waals surface area contributed by atoms with Gasteiger partial charge in [0.1, 0.15) is 48.0 Å². The van der Waals surface area contributed by atoms with E-state index in [-0.39, 0.29) is 25.0 Å². The van der Waals surface area contributed by atoms with Crippen LogP contribution in [0.2, 0.25) is 5.15 Å². The van der Waals surface area contributed by atoms with E-state index >= 15 is 0 Å². The minimum atomic E-state index is -0.288. The van der Waals surface area contributed by atoms with Crippen molar-refractivity contribution in [2.45, 2.75) is 31.3 Å². The lowest BCUT2D eigenvalue weighted by Crippen LogP contribution is -2.54. The minimum absolute atomic E-state index is 0.0118. The highest BCUT2D eigenvalue weighted by atomic mass is 35.5. The largest absolute Gasteiger partial charge is 0.491 e. The average molecular weight is 633 g/mol. The number of nitrogens with one attached hydrogen (secondary N) is 2. The van der Waals surface area contributed by atoms with Crippen LogP contribution in [0, 0.1) is 17.8 Å². The molecule has 2 fully saturated rings. The van der Waals surface area contributed by atoms with E-state index in [1.165, 1.54) is 6.21 Å². The van der Waals surface area contributed by atoms with Gasteiger partial charge in [-0.2, -0.15) is 0 Å². The number of aromatic nitrogens is 1. The Balaban J connectivity index is 1.09. The van der Waals surface area contributed by atoms with Crippen molar-refractivity contribution < 1.29 is 38.3 Å². The van der Waals surface area contributed by atoms with Crippen molar-refractivity contribution in [2.24, 2.45) is 0 Å². The van der Waals surface area contributed by atoms with Crippen molar-refractivity contribution in [3.8, 4) is 23.8 Å². The van der Waals surface area contributed by atoms with Crippen LogP contribution in [-0.2, 0) is 23.7 Å². The minimum Gasteiger partial charge on any atom is -0.491 e. The van der Waals surface area contributed by atoms with Crippen LogP contribution in [0.15, 0.2) is 30.3 Å². The number of aliphatic hydroxyl groups excluding tert-OH is 1. The molecule has 12 nitrogen and oxygen atoms in total. The molecule has 0 spiro atoms. The molecule has 44 heavy (non-hydrogen) atoms. The molecule has 0 saturated carbocycles. The Kier molecular flexibility index (Phi) is 14.3. The Hall–Kier alpha value is -3.15. The van der Waals surface area contributed by atoms with E-state index in [9.17, 15) is 5.11 Å². The van der Waals surface area contributed by atoms with Crippen LogP contribution in [0.25, 0.3) is 0 Å². The van der Waals surface area contributed by atoms with Gasteiger partial charge in [-0.1, -0.05) is 17.5 Å². The first-order valence-corrected chi connectivity index (χ1v) is 15.1. The summed E-state index contributed by atoms with van der Waals surface area (Å²) in [5.74, 6) is 4.37. The van der Waals surface area contributed by atoms with E-state index in [1.54, 1.807) is 6.07 Å². The number of pyridine rings is 1.